The molecule has 2 aromatic carbocycles. The van der Waals surface area contributed by atoms with Crippen molar-refractivity contribution >= 4 is 11.6 Å². The fourth-order valence-corrected chi connectivity index (χ4v) is 5.07. The van der Waals surface area contributed by atoms with E-state index in [0.717, 1.165) is 16.3 Å². The van der Waals surface area contributed by atoms with Gasteiger partial charge in [0, 0.05) is 43.0 Å². The zero-order valence-electron chi connectivity index (χ0n) is 22.3. The highest BCUT2D eigenvalue weighted by Gasteiger charge is 2.37. The average molecular weight is 559 g/mol. The van der Waals surface area contributed by atoms with E-state index in [9.17, 15) is 22.8 Å². The van der Waals surface area contributed by atoms with Gasteiger partial charge >= 0.3 is 6.18 Å². The van der Waals surface area contributed by atoms with Crippen molar-refractivity contribution in [2.75, 3.05) is 45.9 Å². The highest BCUT2D eigenvalue weighted by molar-refractivity contribution is 5.76. The molecule has 40 heavy (non-hydrogen) atoms. The van der Waals surface area contributed by atoms with Crippen molar-refractivity contribution in [3.63, 3.8) is 0 Å². The van der Waals surface area contributed by atoms with Crippen molar-refractivity contribution in [1.82, 2.24) is 15.1 Å². The number of hydrogen-bond donors (Lipinski definition) is 1. The first kappa shape index (κ1) is 27.5. The average Bonchev–Trinajstić information content (AvgIpc) is 3.42. The number of carbonyl (C=O) groups is 1. The molecular weight excluding hydrogens is 529 g/mol. The Bertz CT molecular complexity index is 1480. The molecule has 0 unspecified atom stereocenters. The number of alkyl halides is 3. The lowest BCUT2D eigenvalue weighted by Gasteiger charge is -2.40. The van der Waals surface area contributed by atoms with Crippen molar-refractivity contribution in [3.05, 3.63) is 63.4 Å². The van der Waals surface area contributed by atoms with Gasteiger partial charge in [-0.3, -0.25) is 9.59 Å². The van der Waals surface area contributed by atoms with E-state index in [-0.39, 0.29) is 24.3 Å². The lowest BCUT2D eigenvalue weighted by atomic mass is 10.0. The number of halogens is 3. The molecule has 1 aliphatic carbocycles. The maximum Gasteiger partial charge on any atom is 0.418 e. The third-order valence-electron chi connectivity index (χ3n) is 7.24. The predicted octanol–water partition coefficient (Wildman–Crippen LogP) is 3.38. The minimum atomic E-state index is -4.72. The largest absolute Gasteiger partial charge is 0.497 e. The van der Waals surface area contributed by atoms with Crippen LogP contribution in [0.25, 0.3) is 16.9 Å². The van der Waals surface area contributed by atoms with E-state index >= 15 is 0 Å². The number of benzene rings is 2. The molecule has 1 amide bonds. The normalized spacial score (nSPS) is 15.0. The molecular formula is C28H29F3N4O5. The Hall–Kier alpha value is -4.06. The molecule has 1 N–H and O–H groups in total. The predicted molar refractivity (Wildman–Crippen MR) is 141 cm³/mol. The summed E-state index contributed by atoms with van der Waals surface area (Å²) < 4.78 is 59.8. The van der Waals surface area contributed by atoms with Gasteiger partial charge in [0.05, 0.1) is 37.3 Å². The van der Waals surface area contributed by atoms with Crippen LogP contribution in [0.3, 0.4) is 0 Å². The highest BCUT2D eigenvalue weighted by Crippen LogP contribution is 2.38. The minimum Gasteiger partial charge on any atom is -0.497 e. The number of hydrogen-bond acceptors (Lipinski definition) is 7. The molecule has 0 bridgehead atoms. The van der Waals surface area contributed by atoms with Crippen LogP contribution in [0, 0.1) is 0 Å². The highest BCUT2D eigenvalue weighted by atomic mass is 19.4. The lowest BCUT2D eigenvalue weighted by molar-refractivity contribution is -0.137. The van der Waals surface area contributed by atoms with Gasteiger partial charge < -0.3 is 24.4 Å². The molecule has 12 heteroatoms. The van der Waals surface area contributed by atoms with Crippen molar-refractivity contribution in [2.45, 2.75) is 31.5 Å². The van der Waals surface area contributed by atoms with Gasteiger partial charge in [-0.2, -0.15) is 23.0 Å². The molecule has 0 spiro atoms. The quantitative estimate of drug-likeness (QED) is 0.453. The van der Waals surface area contributed by atoms with Crippen molar-refractivity contribution in [3.8, 4) is 28.4 Å². The van der Waals surface area contributed by atoms with Gasteiger partial charge in [0.1, 0.15) is 18.1 Å². The molecule has 1 aromatic heterocycles. The first-order valence-corrected chi connectivity index (χ1v) is 12.8. The molecule has 1 aliphatic heterocycles. The zero-order chi connectivity index (χ0) is 28.6. The number of ether oxygens (including phenoxy) is 3. The van der Waals surface area contributed by atoms with Crippen LogP contribution in [-0.2, 0) is 28.5 Å². The molecule has 2 heterocycles. The van der Waals surface area contributed by atoms with Gasteiger partial charge in [-0.1, -0.05) is 0 Å². The number of anilines is 1. The Morgan fingerprint density at radius 3 is 2.35 bits per heavy atom. The molecule has 0 atom stereocenters. The maximum absolute atomic E-state index is 14.2. The van der Waals surface area contributed by atoms with Gasteiger partial charge in [0.15, 0.2) is 0 Å². The number of nitrogens with zero attached hydrogens (tertiary/aromatic N) is 3. The van der Waals surface area contributed by atoms with Crippen molar-refractivity contribution in [1.29, 1.82) is 0 Å². The fraction of sp³-hybridized carbons (Fsp3) is 0.393. The number of aromatic nitrogens is 2. The van der Waals surface area contributed by atoms with E-state index in [0.29, 0.717) is 66.4 Å². The molecule has 2 aliphatic rings. The summed E-state index contributed by atoms with van der Waals surface area (Å²) in [5.41, 5.74) is 0.769. The zero-order valence-corrected chi connectivity index (χ0v) is 22.3. The SMILES string of the molecule is CNC(=O)COC1CN(c2ccc(C(F)(F)F)c(-n3nc(-c4cc(OC)cc(OC)c4)c4c(c3=O)CCC4)c2)C1. The first-order valence-electron chi connectivity index (χ1n) is 12.8. The van der Waals surface area contributed by atoms with Gasteiger partial charge in [-0.05, 0) is 55.2 Å². The smallest absolute Gasteiger partial charge is 0.418 e. The molecule has 5 rings (SSSR count). The van der Waals surface area contributed by atoms with Crippen LogP contribution in [0.5, 0.6) is 11.5 Å². The maximum atomic E-state index is 14.2. The van der Waals surface area contributed by atoms with E-state index < -0.39 is 17.3 Å². The fourth-order valence-electron chi connectivity index (χ4n) is 5.07. The summed E-state index contributed by atoms with van der Waals surface area (Å²) in [6.07, 6.45) is -3.23. The summed E-state index contributed by atoms with van der Waals surface area (Å²) in [4.78, 5) is 26.8. The van der Waals surface area contributed by atoms with Crippen LogP contribution in [0.2, 0.25) is 0 Å². The molecule has 1 saturated heterocycles. The van der Waals surface area contributed by atoms with E-state index in [1.165, 1.54) is 33.4 Å². The molecule has 1 fully saturated rings. The van der Waals surface area contributed by atoms with Crippen LogP contribution in [0.1, 0.15) is 23.1 Å². The standard InChI is InChI=1S/C28H29F3N4O5/c1-32-25(36)15-40-20-13-34(14-20)17-7-8-23(28(29,30)31)24(11-17)35-27(37)22-6-4-5-21(22)26(33-35)16-9-18(38-2)12-19(10-16)39-3/h7-12,20H,4-6,13-15H2,1-3H3,(H,32,36). The van der Waals surface area contributed by atoms with Crippen LogP contribution in [-0.4, -0.2) is 62.8 Å². The molecule has 9 nitrogen and oxygen atoms in total. The van der Waals surface area contributed by atoms with E-state index in [1.54, 1.807) is 18.2 Å². The number of nitrogens with one attached hydrogen (secondary N) is 1. The Kier molecular flexibility index (Phi) is 7.45. The Labute approximate surface area is 228 Å². The monoisotopic (exact) mass is 558 g/mol. The van der Waals surface area contributed by atoms with Crippen LogP contribution in [0.4, 0.5) is 18.9 Å². The number of likely N-dealkylation sites (N-methyl/N-ethyl adjacent to an activating group) is 1. The van der Waals surface area contributed by atoms with Crippen LogP contribution >= 0.6 is 0 Å². The second-order valence-corrected chi connectivity index (χ2v) is 9.69. The Morgan fingerprint density at radius 1 is 1.05 bits per heavy atom. The molecule has 212 valence electrons. The van der Waals surface area contributed by atoms with Gasteiger partial charge in [-0.25, -0.2) is 0 Å². The van der Waals surface area contributed by atoms with Gasteiger partial charge in [0.2, 0.25) is 5.91 Å². The number of carbonyl (C=O) groups excluding carboxylic acids is 1. The molecule has 0 saturated carbocycles. The van der Waals surface area contributed by atoms with Crippen molar-refractivity contribution in [2.24, 2.45) is 0 Å². The Balaban J connectivity index is 1.59. The van der Waals surface area contributed by atoms with Crippen molar-refractivity contribution < 1.29 is 32.2 Å². The second kappa shape index (κ2) is 10.8. The summed E-state index contributed by atoms with van der Waals surface area (Å²) >= 11 is 0. The van der Waals surface area contributed by atoms with Gasteiger partial charge in [-0.15, -0.1) is 0 Å². The second-order valence-electron chi connectivity index (χ2n) is 9.69. The van der Waals surface area contributed by atoms with Crippen LogP contribution < -0.4 is 25.2 Å². The first-order chi connectivity index (χ1) is 19.1. The summed E-state index contributed by atoms with van der Waals surface area (Å²) in [5.74, 6) is 0.719. The summed E-state index contributed by atoms with van der Waals surface area (Å²) in [5, 5.41) is 7.00. The van der Waals surface area contributed by atoms with E-state index in [4.69, 9.17) is 14.2 Å². The molecule has 3 aromatic rings. The topological polar surface area (TPSA) is 94.9 Å². The van der Waals surface area contributed by atoms with E-state index in [2.05, 4.69) is 10.4 Å². The summed E-state index contributed by atoms with van der Waals surface area (Å²) in [6, 6.07) is 8.80. The number of fused-ring (bicyclic) bond motifs is 1. The third-order valence-corrected chi connectivity index (χ3v) is 7.24. The Morgan fingerprint density at radius 2 is 1.73 bits per heavy atom. The lowest BCUT2D eigenvalue weighted by Crippen LogP contribution is -2.53. The number of methoxy groups -OCH3 is 2. The summed E-state index contributed by atoms with van der Waals surface area (Å²) in [7, 11) is 4.51. The number of amides is 1. The van der Waals surface area contributed by atoms with E-state index in [1.807, 2.05) is 4.90 Å². The van der Waals surface area contributed by atoms with Crippen LogP contribution in [0.15, 0.2) is 41.2 Å². The summed E-state index contributed by atoms with van der Waals surface area (Å²) in [6.45, 7) is 0.686. The number of rotatable bonds is 8. The van der Waals surface area contributed by atoms with Gasteiger partial charge in [0.25, 0.3) is 5.56 Å². The third kappa shape index (κ3) is 5.23. The minimum absolute atomic E-state index is 0.0977. The molecule has 0 radical (unpaired) electrons.